The van der Waals surface area contributed by atoms with Gasteiger partial charge in [-0.3, -0.25) is 0 Å². The Kier molecular flexibility index (Phi) is 6.65. The van der Waals surface area contributed by atoms with Crippen LogP contribution in [-0.4, -0.2) is 47.0 Å². The lowest BCUT2D eigenvalue weighted by Gasteiger charge is -2.25. The molecule has 3 aromatic rings. The standard InChI is InChI=1S/C25H26N2O6S/c1-30-17-10-12-20(24(14-17)32-3)22-16-23(21-13-11-18(31-2)15-25(21)33-4)27(26-22)34(28,29)19-8-6-5-7-9-19/h5-15,23H,16H2,1-4H3/t23-/m0/s1. The number of ether oxygens (including phenoxy) is 4. The average molecular weight is 483 g/mol. The van der Waals surface area contributed by atoms with E-state index in [0.717, 1.165) is 4.41 Å². The highest BCUT2D eigenvalue weighted by Gasteiger charge is 2.39. The van der Waals surface area contributed by atoms with Crippen molar-refractivity contribution in [2.45, 2.75) is 17.4 Å². The van der Waals surface area contributed by atoms with E-state index in [4.69, 9.17) is 18.9 Å². The molecule has 0 saturated carbocycles. The maximum atomic E-state index is 13.7. The molecule has 0 saturated heterocycles. The van der Waals surface area contributed by atoms with Gasteiger partial charge in [-0.1, -0.05) is 18.2 Å². The zero-order valence-electron chi connectivity index (χ0n) is 19.4. The average Bonchev–Trinajstić information content (AvgIpc) is 3.34. The highest BCUT2D eigenvalue weighted by molar-refractivity contribution is 7.89. The van der Waals surface area contributed by atoms with Gasteiger partial charge in [-0.25, -0.2) is 0 Å². The largest absolute Gasteiger partial charge is 0.497 e. The van der Waals surface area contributed by atoms with Crippen molar-refractivity contribution in [2.24, 2.45) is 5.10 Å². The van der Waals surface area contributed by atoms with Gasteiger partial charge in [0, 0.05) is 29.7 Å². The second kappa shape index (κ2) is 9.64. The molecule has 0 bridgehead atoms. The Morgan fingerprint density at radius 1 is 0.794 bits per heavy atom. The number of sulfonamides is 1. The fourth-order valence-electron chi connectivity index (χ4n) is 3.94. The van der Waals surface area contributed by atoms with Crippen LogP contribution in [0.25, 0.3) is 0 Å². The van der Waals surface area contributed by atoms with Crippen molar-refractivity contribution in [1.82, 2.24) is 4.41 Å². The third-order valence-electron chi connectivity index (χ3n) is 5.68. The lowest BCUT2D eigenvalue weighted by atomic mass is 9.97. The molecule has 9 heteroatoms. The van der Waals surface area contributed by atoms with Crippen LogP contribution in [-0.2, 0) is 10.0 Å². The van der Waals surface area contributed by atoms with Crippen LogP contribution >= 0.6 is 0 Å². The van der Waals surface area contributed by atoms with Gasteiger partial charge in [0.15, 0.2) is 0 Å². The van der Waals surface area contributed by atoms with E-state index in [2.05, 4.69) is 5.10 Å². The first kappa shape index (κ1) is 23.4. The van der Waals surface area contributed by atoms with Crippen molar-refractivity contribution in [1.29, 1.82) is 0 Å². The number of methoxy groups -OCH3 is 4. The minimum atomic E-state index is -3.96. The van der Waals surface area contributed by atoms with Crippen LogP contribution in [0.5, 0.6) is 23.0 Å². The summed E-state index contributed by atoms with van der Waals surface area (Å²) >= 11 is 0. The third-order valence-corrected chi connectivity index (χ3v) is 7.38. The van der Waals surface area contributed by atoms with Crippen molar-refractivity contribution in [3.05, 3.63) is 77.9 Å². The molecule has 1 atom stereocenters. The molecule has 0 aromatic heterocycles. The molecule has 0 spiro atoms. The van der Waals surface area contributed by atoms with E-state index in [1.54, 1.807) is 82.0 Å². The normalized spacial score (nSPS) is 15.6. The molecule has 0 radical (unpaired) electrons. The minimum Gasteiger partial charge on any atom is -0.497 e. The monoisotopic (exact) mass is 482 g/mol. The molecule has 1 heterocycles. The Morgan fingerprint density at radius 2 is 1.41 bits per heavy atom. The van der Waals surface area contributed by atoms with E-state index in [-0.39, 0.29) is 4.90 Å². The Labute approximate surface area is 199 Å². The molecule has 0 fully saturated rings. The second-order valence-electron chi connectivity index (χ2n) is 7.53. The molecule has 0 unspecified atom stereocenters. The van der Waals surface area contributed by atoms with Gasteiger partial charge in [0.2, 0.25) is 0 Å². The summed E-state index contributed by atoms with van der Waals surface area (Å²) < 4.78 is 50.3. The molecular weight excluding hydrogens is 456 g/mol. The van der Waals surface area contributed by atoms with Crippen LogP contribution in [0.3, 0.4) is 0 Å². The number of rotatable bonds is 8. The molecule has 1 aliphatic heterocycles. The van der Waals surface area contributed by atoms with E-state index in [1.807, 2.05) is 6.07 Å². The maximum Gasteiger partial charge on any atom is 0.279 e. The highest BCUT2D eigenvalue weighted by Crippen LogP contribution is 2.43. The summed E-state index contributed by atoms with van der Waals surface area (Å²) in [5.74, 6) is 2.28. The predicted molar refractivity (Wildman–Crippen MR) is 128 cm³/mol. The van der Waals surface area contributed by atoms with Crippen LogP contribution in [0, 0.1) is 0 Å². The summed E-state index contributed by atoms with van der Waals surface area (Å²) in [5, 5.41) is 4.60. The van der Waals surface area contributed by atoms with Crippen molar-refractivity contribution in [3.63, 3.8) is 0 Å². The molecule has 8 nitrogen and oxygen atoms in total. The molecule has 0 N–H and O–H groups in total. The second-order valence-corrected chi connectivity index (χ2v) is 9.33. The molecule has 34 heavy (non-hydrogen) atoms. The summed E-state index contributed by atoms with van der Waals surface area (Å²) in [6.07, 6.45) is 0.317. The topological polar surface area (TPSA) is 86.7 Å². The molecule has 4 rings (SSSR count). The molecule has 3 aromatic carbocycles. The minimum absolute atomic E-state index is 0.152. The molecular formula is C25H26N2O6S. The van der Waals surface area contributed by atoms with Crippen molar-refractivity contribution >= 4 is 15.7 Å². The zero-order valence-corrected chi connectivity index (χ0v) is 20.2. The summed E-state index contributed by atoms with van der Waals surface area (Å²) in [4.78, 5) is 0.152. The highest BCUT2D eigenvalue weighted by atomic mass is 32.2. The Hall–Kier alpha value is -3.72. The SMILES string of the molecule is COc1ccc(C2=NN(S(=O)(=O)c3ccccc3)[C@H](c3ccc(OC)cc3OC)C2)c(OC)c1. The molecule has 1 aliphatic rings. The fourth-order valence-corrected chi connectivity index (χ4v) is 5.38. The first-order valence-corrected chi connectivity index (χ1v) is 12.0. The first-order chi connectivity index (χ1) is 16.4. The summed E-state index contributed by atoms with van der Waals surface area (Å²) in [7, 11) is 2.27. The van der Waals surface area contributed by atoms with Gasteiger partial charge in [0.1, 0.15) is 23.0 Å². The number of nitrogens with zero attached hydrogens (tertiary/aromatic N) is 2. The lowest BCUT2D eigenvalue weighted by molar-refractivity contribution is 0.347. The maximum absolute atomic E-state index is 13.7. The van der Waals surface area contributed by atoms with E-state index >= 15 is 0 Å². The number of hydrogen-bond donors (Lipinski definition) is 0. The van der Waals surface area contributed by atoms with Gasteiger partial charge in [0.05, 0.1) is 45.1 Å². The van der Waals surface area contributed by atoms with E-state index in [9.17, 15) is 8.42 Å². The number of hydrazone groups is 1. The molecule has 0 aliphatic carbocycles. The Bertz CT molecular complexity index is 1310. The fraction of sp³-hybridized carbons (Fsp3) is 0.240. The van der Waals surface area contributed by atoms with E-state index in [0.29, 0.717) is 46.3 Å². The van der Waals surface area contributed by atoms with Crippen LogP contribution in [0.2, 0.25) is 0 Å². The number of hydrogen-bond acceptors (Lipinski definition) is 7. The Balaban J connectivity index is 1.86. The van der Waals surface area contributed by atoms with Crippen LogP contribution in [0.15, 0.2) is 76.7 Å². The Morgan fingerprint density at radius 3 is 2.03 bits per heavy atom. The van der Waals surface area contributed by atoms with Crippen molar-refractivity contribution in [2.75, 3.05) is 28.4 Å². The lowest BCUT2D eigenvalue weighted by Crippen LogP contribution is -2.27. The van der Waals surface area contributed by atoms with Crippen molar-refractivity contribution in [3.8, 4) is 23.0 Å². The summed E-state index contributed by atoms with van der Waals surface area (Å²) in [6, 6.07) is 18.3. The van der Waals surface area contributed by atoms with Gasteiger partial charge in [-0.05, 0) is 36.4 Å². The van der Waals surface area contributed by atoms with Gasteiger partial charge >= 0.3 is 0 Å². The predicted octanol–water partition coefficient (Wildman–Crippen LogP) is 4.26. The number of benzene rings is 3. The summed E-state index contributed by atoms with van der Waals surface area (Å²) in [5.41, 5.74) is 1.93. The molecule has 178 valence electrons. The van der Waals surface area contributed by atoms with Crippen LogP contribution in [0.1, 0.15) is 23.6 Å². The van der Waals surface area contributed by atoms with Crippen LogP contribution < -0.4 is 18.9 Å². The van der Waals surface area contributed by atoms with E-state index < -0.39 is 16.1 Å². The third kappa shape index (κ3) is 4.26. The quantitative estimate of drug-likeness (QED) is 0.477. The zero-order chi connectivity index (χ0) is 24.3. The van der Waals surface area contributed by atoms with Gasteiger partial charge in [-0.15, -0.1) is 0 Å². The smallest absolute Gasteiger partial charge is 0.279 e. The van der Waals surface area contributed by atoms with Gasteiger partial charge < -0.3 is 18.9 Å². The van der Waals surface area contributed by atoms with Gasteiger partial charge in [-0.2, -0.15) is 17.9 Å². The van der Waals surface area contributed by atoms with Crippen molar-refractivity contribution < 1.29 is 27.4 Å². The first-order valence-electron chi connectivity index (χ1n) is 10.5. The molecule has 0 amide bonds. The summed E-state index contributed by atoms with van der Waals surface area (Å²) in [6.45, 7) is 0. The van der Waals surface area contributed by atoms with Gasteiger partial charge in [0.25, 0.3) is 10.0 Å². The van der Waals surface area contributed by atoms with E-state index in [1.165, 1.54) is 7.11 Å². The van der Waals surface area contributed by atoms with Crippen LogP contribution in [0.4, 0.5) is 0 Å².